The molecule has 0 bridgehead atoms. The summed E-state index contributed by atoms with van der Waals surface area (Å²) in [7, 11) is 1.52. The first kappa shape index (κ1) is 13.1. The molecular weight excluding hydrogens is 232 g/mol. The molecule has 1 unspecified atom stereocenters. The molecule has 1 aliphatic rings. The fraction of sp³-hybridized carbons (Fsp3) is 0.538. The number of piperazine rings is 1. The summed E-state index contributed by atoms with van der Waals surface area (Å²) in [5.41, 5.74) is 0.915. The molecule has 0 saturated carbocycles. The van der Waals surface area contributed by atoms with E-state index in [1.807, 2.05) is 6.07 Å². The Morgan fingerprint density at radius 3 is 2.67 bits per heavy atom. The van der Waals surface area contributed by atoms with Gasteiger partial charge in [0.1, 0.15) is 0 Å². The molecule has 0 spiro atoms. The summed E-state index contributed by atoms with van der Waals surface area (Å²) in [4.78, 5) is 2.22. The van der Waals surface area contributed by atoms with Gasteiger partial charge in [0.2, 0.25) is 0 Å². The molecule has 2 rings (SSSR count). The number of phenolic OH excluding ortho intramolecular Hbond substituents is 1. The van der Waals surface area contributed by atoms with Crippen LogP contribution in [0.15, 0.2) is 18.2 Å². The van der Waals surface area contributed by atoms with Crippen molar-refractivity contribution < 1.29 is 14.9 Å². The number of phenols is 1. The number of nitrogens with one attached hydrogen (secondary N) is 1. The molecule has 1 saturated heterocycles. The lowest BCUT2D eigenvalue weighted by molar-refractivity contribution is 0.110. The summed E-state index contributed by atoms with van der Waals surface area (Å²) in [6.45, 7) is 3.71. The van der Waals surface area contributed by atoms with Gasteiger partial charge in [0, 0.05) is 26.2 Å². The van der Waals surface area contributed by atoms with Crippen LogP contribution in [0.2, 0.25) is 0 Å². The van der Waals surface area contributed by atoms with Gasteiger partial charge in [-0.3, -0.25) is 4.90 Å². The first-order chi connectivity index (χ1) is 8.76. The summed E-state index contributed by atoms with van der Waals surface area (Å²) in [6, 6.07) is 5.22. The molecule has 1 fully saturated rings. The second-order valence-corrected chi connectivity index (χ2v) is 4.42. The summed E-state index contributed by atoms with van der Waals surface area (Å²) >= 11 is 0. The maximum Gasteiger partial charge on any atom is 0.160 e. The van der Waals surface area contributed by atoms with Gasteiger partial charge in [-0.2, -0.15) is 0 Å². The van der Waals surface area contributed by atoms with Crippen LogP contribution in [0.3, 0.4) is 0 Å². The average molecular weight is 252 g/mol. The van der Waals surface area contributed by atoms with Crippen molar-refractivity contribution in [3.8, 4) is 11.5 Å². The van der Waals surface area contributed by atoms with Crippen LogP contribution in [0.25, 0.3) is 0 Å². The number of aliphatic hydroxyl groups is 1. The Balaban J connectivity index is 2.18. The van der Waals surface area contributed by atoms with Crippen LogP contribution in [0, 0.1) is 0 Å². The normalized spacial score (nSPS) is 18.6. The third-order valence-corrected chi connectivity index (χ3v) is 3.35. The Hall–Kier alpha value is -1.30. The van der Waals surface area contributed by atoms with Gasteiger partial charge in [-0.25, -0.2) is 0 Å². The molecule has 18 heavy (non-hydrogen) atoms. The first-order valence-electron chi connectivity index (χ1n) is 6.18. The molecule has 1 atom stereocenters. The van der Waals surface area contributed by atoms with Gasteiger partial charge in [0.05, 0.1) is 19.8 Å². The number of rotatable bonds is 4. The monoisotopic (exact) mass is 252 g/mol. The minimum Gasteiger partial charge on any atom is -0.504 e. The van der Waals surface area contributed by atoms with Crippen molar-refractivity contribution in [2.24, 2.45) is 0 Å². The molecule has 100 valence electrons. The number of benzene rings is 1. The predicted octanol–water partition coefficient (Wildman–Crippen LogP) is 0.339. The zero-order chi connectivity index (χ0) is 13.0. The lowest BCUT2D eigenvalue weighted by Crippen LogP contribution is -2.46. The van der Waals surface area contributed by atoms with Gasteiger partial charge < -0.3 is 20.3 Å². The second-order valence-electron chi connectivity index (χ2n) is 4.42. The molecule has 1 heterocycles. The fourth-order valence-corrected chi connectivity index (χ4v) is 2.34. The molecule has 1 aromatic carbocycles. The quantitative estimate of drug-likeness (QED) is 0.721. The Morgan fingerprint density at radius 2 is 2.11 bits per heavy atom. The van der Waals surface area contributed by atoms with Gasteiger partial charge >= 0.3 is 0 Å². The van der Waals surface area contributed by atoms with E-state index in [0.717, 1.165) is 31.7 Å². The van der Waals surface area contributed by atoms with Crippen LogP contribution in [-0.4, -0.2) is 55.0 Å². The van der Waals surface area contributed by atoms with E-state index in [0.29, 0.717) is 5.75 Å². The van der Waals surface area contributed by atoms with Crippen LogP contribution >= 0.6 is 0 Å². The third kappa shape index (κ3) is 2.75. The highest BCUT2D eigenvalue weighted by Crippen LogP contribution is 2.30. The van der Waals surface area contributed by atoms with E-state index in [4.69, 9.17) is 4.74 Å². The van der Waals surface area contributed by atoms with Crippen LogP contribution < -0.4 is 10.1 Å². The SMILES string of the molecule is COc1ccc(C(CO)N2CCNCC2)cc1O. The smallest absolute Gasteiger partial charge is 0.160 e. The highest BCUT2D eigenvalue weighted by atomic mass is 16.5. The highest BCUT2D eigenvalue weighted by molar-refractivity contribution is 5.42. The lowest BCUT2D eigenvalue weighted by Gasteiger charge is -2.34. The van der Waals surface area contributed by atoms with Crippen molar-refractivity contribution in [1.29, 1.82) is 0 Å². The Kier molecular flexibility index (Phi) is 4.41. The number of hydrogen-bond donors (Lipinski definition) is 3. The number of aromatic hydroxyl groups is 1. The van der Waals surface area contributed by atoms with E-state index in [1.165, 1.54) is 7.11 Å². The van der Waals surface area contributed by atoms with Crippen LogP contribution in [0.5, 0.6) is 11.5 Å². The van der Waals surface area contributed by atoms with Gasteiger partial charge in [-0.05, 0) is 17.7 Å². The van der Waals surface area contributed by atoms with Crippen LogP contribution in [0.1, 0.15) is 11.6 Å². The van der Waals surface area contributed by atoms with Gasteiger partial charge in [0.15, 0.2) is 11.5 Å². The zero-order valence-corrected chi connectivity index (χ0v) is 10.6. The second kappa shape index (κ2) is 6.04. The van der Waals surface area contributed by atoms with E-state index >= 15 is 0 Å². The summed E-state index contributed by atoms with van der Waals surface area (Å²) in [5.74, 6) is 0.569. The van der Waals surface area contributed by atoms with E-state index in [9.17, 15) is 10.2 Å². The minimum atomic E-state index is -0.0658. The molecule has 0 amide bonds. The standard InChI is InChI=1S/C13H20N2O3/c1-18-13-3-2-10(8-12(13)17)11(9-16)15-6-4-14-5-7-15/h2-3,8,11,14,16-17H,4-7,9H2,1H3. The molecule has 5 heteroatoms. The Labute approximate surface area is 107 Å². The molecule has 5 nitrogen and oxygen atoms in total. The predicted molar refractivity (Wildman–Crippen MR) is 68.9 cm³/mol. The molecule has 3 N–H and O–H groups in total. The van der Waals surface area contributed by atoms with Crippen molar-refractivity contribution in [2.75, 3.05) is 39.9 Å². The lowest BCUT2D eigenvalue weighted by atomic mass is 10.0. The van der Waals surface area contributed by atoms with Crippen molar-refractivity contribution in [1.82, 2.24) is 10.2 Å². The first-order valence-corrected chi connectivity index (χ1v) is 6.18. The average Bonchev–Trinajstić information content (AvgIpc) is 2.41. The topological polar surface area (TPSA) is 65.0 Å². The maximum absolute atomic E-state index is 9.80. The minimum absolute atomic E-state index is 0.0474. The summed E-state index contributed by atoms with van der Waals surface area (Å²) in [5, 5.41) is 22.7. The summed E-state index contributed by atoms with van der Waals surface area (Å²) in [6.07, 6.45) is 0. The van der Waals surface area contributed by atoms with E-state index < -0.39 is 0 Å². The number of nitrogens with zero attached hydrogens (tertiary/aromatic N) is 1. The van der Waals surface area contributed by atoms with Crippen molar-refractivity contribution >= 4 is 0 Å². The Morgan fingerprint density at radius 1 is 1.39 bits per heavy atom. The zero-order valence-electron chi connectivity index (χ0n) is 10.6. The third-order valence-electron chi connectivity index (χ3n) is 3.35. The molecule has 1 aromatic rings. The molecule has 1 aliphatic heterocycles. The van der Waals surface area contributed by atoms with Crippen molar-refractivity contribution in [3.05, 3.63) is 23.8 Å². The molecule has 0 aromatic heterocycles. The van der Waals surface area contributed by atoms with Gasteiger partial charge in [-0.15, -0.1) is 0 Å². The largest absolute Gasteiger partial charge is 0.504 e. The van der Waals surface area contributed by atoms with Gasteiger partial charge in [0.25, 0.3) is 0 Å². The van der Waals surface area contributed by atoms with Crippen molar-refractivity contribution in [3.63, 3.8) is 0 Å². The molecule has 0 radical (unpaired) electrons. The van der Waals surface area contributed by atoms with Gasteiger partial charge in [-0.1, -0.05) is 6.07 Å². The number of aliphatic hydroxyl groups excluding tert-OH is 1. The Bertz CT molecular complexity index is 392. The van der Waals surface area contributed by atoms with E-state index in [-0.39, 0.29) is 18.4 Å². The van der Waals surface area contributed by atoms with Crippen molar-refractivity contribution in [2.45, 2.75) is 6.04 Å². The fourth-order valence-electron chi connectivity index (χ4n) is 2.34. The number of ether oxygens (including phenoxy) is 1. The highest BCUT2D eigenvalue weighted by Gasteiger charge is 2.22. The van der Waals surface area contributed by atoms with Crippen LogP contribution in [-0.2, 0) is 0 Å². The van der Waals surface area contributed by atoms with E-state index in [1.54, 1.807) is 12.1 Å². The van der Waals surface area contributed by atoms with Crippen LogP contribution in [0.4, 0.5) is 0 Å². The van der Waals surface area contributed by atoms with E-state index in [2.05, 4.69) is 10.2 Å². The number of hydrogen-bond acceptors (Lipinski definition) is 5. The molecular formula is C13H20N2O3. The molecule has 0 aliphatic carbocycles. The maximum atomic E-state index is 9.80. The summed E-state index contributed by atoms with van der Waals surface area (Å²) < 4.78 is 5.02. The number of methoxy groups -OCH3 is 1.